The summed E-state index contributed by atoms with van der Waals surface area (Å²) >= 11 is 5.63. The van der Waals surface area contributed by atoms with Gasteiger partial charge in [0.15, 0.2) is 11.5 Å². The molecule has 0 bridgehead atoms. The van der Waals surface area contributed by atoms with Crippen molar-refractivity contribution in [3.05, 3.63) is 65.0 Å². The number of fused-ring (bicyclic) bond motifs is 1. The lowest BCUT2D eigenvalue weighted by Gasteiger charge is -2.31. The van der Waals surface area contributed by atoms with Crippen LogP contribution in [0.15, 0.2) is 47.5 Å². The average Bonchev–Trinajstić information content (AvgIpc) is 2.86. The molecule has 2 aromatic carbocycles. The Morgan fingerprint density at radius 1 is 0.917 bits per heavy atom. The number of rotatable bonds is 5. The molecule has 0 amide bonds. The van der Waals surface area contributed by atoms with Crippen molar-refractivity contribution in [1.82, 2.24) is 14.9 Å². The van der Waals surface area contributed by atoms with Crippen LogP contribution in [-0.2, 0) is 13.0 Å². The molecule has 36 heavy (non-hydrogen) atoms. The molecule has 2 heterocycles. The van der Waals surface area contributed by atoms with Crippen molar-refractivity contribution >= 4 is 34.9 Å². The number of benzene rings is 2. The Hall–Kier alpha value is -3.92. The highest BCUT2D eigenvalue weighted by Gasteiger charge is 2.21. The fourth-order valence-electron chi connectivity index (χ4n) is 4.14. The molecule has 2 N–H and O–H groups in total. The number of thiocarbonyl (C=S) groups is 1. The standard InChI is InChI=1S/C26H30N6O3S/c1-16-12-17(2)28-24(27-16)30-25(32-11-10-18-8-6-7-9-19(18)15-32)31-26(36)29-20-13-21(33-3)23(35-5)22(14-20)34-4/h6-9,12-14H,10-11,15H2,1-5H3,(H2,27,28,29,30,31,36). The lowest BCUT2D eigenvalue weighted by atomic mass is 10.0. The molecule has 1 aliphatic rings. The summed E-state index contributed by atoms with van der Waals surface area (Å²) in [6.45, 7) is 5.34. The van der Waals surface area contributed by atoms with Crippen molar-refractivity contribution in [2.45, 2.75) is 26.8 Å². The highest BCUT2D eigenvalue weighted by Crippen LogP contribution is 2.40. The Balaban J connectivity index is 1.64. The van der Waals surface area contributed by atoms with E-state index in [-0.39, 0.29) is 5.11 Å². The Kier molecular flexibility index (Phi) is 7.84. The van der Waals surface area contributed by atoms with Gasteiger partial charge in [0, 0.05) is 42.3 Å². The Morgan fingerprint density at radius 2 is 1.56 bits per heavy atom. The van der Waals surface area contributed by atoms with Crippen LogP contribution in [0.4, 0.5) is 11.6 Å². The summed E-state index contributed by atoms with van der Waals surface area (Å²) < 4.78 is 16.3. The van der Waals surface area contributed by atoms with Gasteiger partial charge in [0.05, 0.1) is 21.3 Å². The number of hydrogen-bond acceptors (Lipinski definition) is 6. The molecule has 0 atom stereocenters. The Bertz CT molecular complexity index is 1250. The minimum Gasteiger partial charge on any atom is -0.493 e. The molecule has 0 saturated carbocycles. The number of guanidine groups is 1. The maximum atomic E-state index is 5.63. The third-order valence-corrected chi connectivity index (χ3v) is 5.95. The van der Waals surface area contributed by atoms with Crippen LogP contribution in [0, 0.1) is 13.8 Å². The Labute approximate surface area is 216 Å². The van der Waals surface area contributed by atoms with Gasteiger partial charge in [-0.25, -0.2) is 9.97 Å². The van der Waals surface area contributed by atoms with Gasteiger partial charge in [0.25, 0.3) is 0 Å². The van der Waals surface area contributed by atoms with Crippen LogP contribution in [0.3, 0.4) is 0 Å². The fourth-order valence-corrected chi connectivity index (χ4v) is 4.34. The number of anilines is 2. The zero-order valence-corrected chi connectivity index (χ0v) is 21.9. The van der Waals surface area contributed by atoms with Crippen molar-refractivity contribution in [2.24, 2.45) is 4.99 Å². The summed E-state index contributed by atoms with van der Waals surface area (Å²) in [5, 5.41) is 6.72. The van der Waals surface area contributed by atoms with E-state index in [2.05, 4.69) is 49.8 Å². The fraction of sp³-hybridized carbons (Fsp3) is 0.308. The number of methoxy groups -OCH3 is 3. The van der Waals surface area contributed by atoms with Crippen LogP contribution in [-0.4, -0.2) is 53.8 Å². The van der Waals surface area contributed by atoms with Crippen LogP contribution in [0.5, 0.6) is 17.2 Å². The molecular formula is C26H30N6O3S. The summed E-state index contributed by atoms with van der Waals surface area (Å²) in [6.07, 6.45) is 0.900. The van der Waals surface area contributed by atoms with E-state index in [1.165, 1.54) is 11.1 Å². The predicted molar refractivity (Wildman–Crippen MR) is 145 cm³/mol. The number of aromatic nitrogens is 2. The molecular weight excluding hydrogens is 476 g/mol. The van der Waals surface area contributed by atoms with E-state index in [9.17, 15) is 0 Å². The second kappa shape index (κ2) is 11.2. The lowest BCUT2D eigenvalue weighted by molar-refractivity contribution is 0.324. The largest absolute Gasteiger partial charge is 0.493 e. The number of ether oxygens (including phenoxy) is 3. The number of hydrogen-bond donors (Lipinski definition) is 2. The van der Waals surface area contributed by atoms with Crippen molar-refractivity contribution < 1.29 is 14.2 Å². The van der Waals surface area contributed by atoms with E-state index in [1.54, 1.807) is 33.5 Å². The number of aryl methyl sites for hydroxylation is 2. The third-order valence-electron chi connectivity index (χ3n) is 5.76. The van der Waals surface area contributed by atoms with Gasteiger partial charge >= 0.3 is 0 Å². The van der Waals surface area contributed by atoms with Gasteiger partial charge in [0.1, 0.15) is 0 Å². The number of aliphatic imine (C=N–C) groups is 1. The summed E-state index contributed by atoms with van der Waals surface area (Å²) in [6, 6.07) is 13.9. The molecule has 1 aliphatic heterocycles. The second-order valence-corrected chi connectivity index (χ2v) is 8.71. The maximum Gasteiger partial charge on any atom is 0.229 e. The van der Waals surface area contributed by atoms with Crippen molar-refractivity contribution in [2.75, 3.05) is 38.5 Å². The first-order valence-electron chi connectivity index (χ1n) is 11.5. The first-order valence-corrected chi connectivity index (χ1v) is 11.9. The van der Waals surface area contributed by atoms with Gasteiger partial charge in [-0.15, -0.1) is 0 Å². The van der Waals surface area contributed by atoms with Gasteiger partial charge in [-0.3, -0.25) is 5.32 Å². The monoisotopic (exact) mass is 506 g/mol. The lowest BCUT2D eigenvalue weighted by Crippen LogP contribution is -2.41. The van der Waals surface area contributed by atoms with Gasteiger partial charge in [0.2, 0.25) is 22.8 Å². The molecule has 9 nitrogen and oxygen atoms in total. The van der Waals surface area contributed by atoms with E-state index in [4.69, 9.17) is 31.4 Å². The van der Waals surface area contributed by atoms with E-state index in [0.29, 0.717) is 41.4 Å². The predicted octanol–water partition coefficient (Wildman–Crippen LogP) is 4.34. The van der Waals surface area contributed by atoms with Gasteiger partial charge < -0.3 is 24.4 Å². The van der Waals surface area contributed by atoms with Crippen molar-refractivity contribution in [3.63, 3.8) is 0 Å². The summed E-state index contributed by atoms with van der Waals surface area (Å²) in [5.41, 5.74) is 4.99. The molecule has 0 unspecified atom stereocenters. The topological polar surface area (TPSA) is 93.1 Å². The van der Waals surface area contributed by atoms with Crippen LogP contribution in [0.2, 0.25) is 0 Å². The van der Waals surface area contributed by atoms with E-state index in [1.807, 2.05) is 19.9 Å². The number of nitrogens with zero attached hydrogens (tertiary/aromatic N) is 4. The molecule has 0 spiro atoms. The first kappa shape index (κ1) is 25.2. The van der Waals surface area contributed by atoms with Crippen LogP contribution in [0.25, 0.3) is 0 Å². The maximum absolute atomic E-state index is 5.63. The quantitative estimate of drug-likeness (QED) is 0.298. The summed E-state index contributed by atoms with van der Waals surface area (Å²) in [7, 11) is 4.70. The van der Waals surface area contributed by atoms with Gasteiger partial charge in [-0.2, -0.15) is 4.99 Å². The van der Waals surface area contributed by atoms with Crippen molar-refractivity contribution in [1.29, 1.82) is 0 Å². The molecule has 0 fully saturated rings. The molecule has 188 valence electrons. The molecule has 4 rings (SSSR count). The SMILES string of the molecule is COc1cc(NC(=S)/N=C(/Nc2nc(C)cc(C)n2)N2CCc3ccccc3C2)cc(OC)c1OC. The van der Waals surface area contributed by atoms with Gasteiger partial charge in [-0.1, -0.05) is 24.3 Å². The van der Waals surface area contributed by atoms with Gasteiger partial charge in [-0.05, 0) is 49.7 Å². The normalized spacial score (nSPS) is 13.0. The highest BCUT2D eigenvalue weighted by molar-refractivity contribution is 7.80. The number of nitrogens with one attached hydrogen (secondary N) is 2. The molecule has 0 aliphatic carbocycles. The zero-order chi connectivity index (χ0) is 25.7. The van der Waals surface area contributed by atoms with Crippen LogP contribution < -0.4 is 24.8 Å². The van der Waals surface area contributed by atoms with E-state index < -0.39 is 0 Å². The van der Waals surface area contributed by atoms with E-state index >= 15 is 0 Å². The van der Waals surface area contributed by atoms with E-state index in [0.717, 1.165) is 24.4 Å². The third kappa shape index (κ3) is 5.83. The zero-order valence-electron chi connectivity index (χ0n) is 21.1. The van der Waals surface area contributed by atoms with Crippen molar-refractivity contribution in [3.8, 4) is 17.2 Å². The minimum absolute atomic E-state index is 0.259. The summed E-state index contributed by atoms with van der Waals surface area (Å²) in [4.78, 5) is 15.9. The molecule has 1 aromatic heterocycles. The summed E-state index contributed by atoms with van der Waals surface area (Å²) in [5.74, 6) is 2.57. The van der Waals surface area contributed by atoms with Crippen LogP contribution >= 0.6 is 12.2 Å². The second-order valence-electron chi connectivity index (χ2n) is 8.32. The highest BCUT2D eigenvalue weighted by atomic mass is 32.1. The molecule has 0 saturated heterocycles. The smallest absolute Gasteiger partial charge is 0.229 e. The minimum atomic E-state index is 0.259. The first-order chi connectivity index (χ1) is 17.4. The average molecular weight is 507 g/mol. The molecule has 0 radical (unpaired) electrons. The molecule has 3 aromatic rings. The molecule has 10 heteroatoms. The Morgan fingerprint density at radius 3 is 2.17 bits per heavy atom. The van der Waals surface area contributed by atoms with Crippen LogP contribution in [0.1, 0.15) is 22.5 Å².